The van der Waals surface area contributed by atoms with Crippen molar-refractivity contribution >= 4 is 21.6 Å². The SMILES string of the molecule is Cc1cc(C)n(C[C@H](C)n2cnc3scc(C)c3c2=O)n1. The monoisotopic (exact) mass is 302 g/mol. The average molecular weight is 302 g/mol. The Bertz CT molecular complexity index is 858. The summed E-state index contributed by atoms with van der Waals surface area (Å²) in [5.41, 5.74) is 3.13. The minimum absolute atomic E-state index is 0.00620. The van der Waals surface area contributed by atoms with Gasteiger partial charge in [0, 0.05) is 5.69 Å². The first-order valence-electron chi connectivity index (χ1n) is 6.93. The number of fused-ring (bicyclic) bond motifs is 1. The number of rotatable bonds is 3. The molecule has 3 rings (SSSR count). The van der Waals surface area contributed by atoms with Crippen LogP contribution in [0.1, 0.15) is 29.9 Å². The fourth-order valence-electron chi connectivity index (χ4n) is 2.59. The van der Waals surface area contributed by atoms with Crippen LogP contribution in [-0.2, 0) is 6.54 Å². The maximum absolute atomic E-state index is 12.6. The highest BCUT2D eigenvalue weighted by atomic mass is 32.1. The molecule has 0 unspecified atom stereocenters. The summed E-state index contributed by atoms with van der Waals surface area (Å²) in [6.07, 6.45) is 1.65. The van der Waals surface area contributed by atoms with E-state index in [2.05, 4.69) is 10.1 Å². The highest BCUT2D eigenvalue weighted by molar-refractivity contribution is 7.16. The lowest BCUT2D eigenvalue weighted by Crippen LogP contribution is -2.26. The fraction of sp³-hybridized carbons (Fsp3) is 0.400. The Morgan fingerprint density at radius 2 is 2.10 bits per heavy atom. The number of nitrogens with zero attached hydrogens (tertiary/aromatic N) is 4. The Hall–Kier alpha value is -1.95. The van der Waals surface area contributed by atoms with Crippen LogP contribution in [0.25, 0.3) is 10.2 Å². The maximum Gasteiger partial charge on any atom is 0.262 e. The van der Waals surface area contributed by atoms with E-state index in [1.165, 1.54) is 11.3 Å². The van der Waals surface area contributed by atoms with E-state index in [0.717, 1.165) is 27.2 Å². The molecule has 0 radical (unpaired) electrons. The molecule has 3 aromatic rings. The van der Waals surface area contributed by atoms with E-state index >= 15 is 0 Å². The van der Waals surface area contributed by atoms with Gasteiger partial charge in [0.2, 0.25) is 0 Å². The normalized spacial score (nSPS) is 13.0. The van der Waals surface area contributed by atoms with Crippen molar-refractivity contribution in [1.29, 1.82) is 0 Å². The third-order valence-electron chi connectivity index (χ3n) is 3.72. The van der Waals surface area contributed by atoms with Crippen molar-refractivity contribution < 1.29 is 0 Å². The van der Waals surface area contributed by atoms with Crippen molar-refractivity contribution in [3.05, 3.63) is 45.1 Å². The molecular formula is C15H18N4OS. The van der Waals surface area contributed by atoms with Crippen LogP contribution in [0, 0.1) is 20.8 Å². The van der Waals surface area contributed by atoms with Crippen LogP contribution in [0.5, 0.6) is 0 Å². The second kappa shape index (κ2) is 5.11. The predicted molar refractivity (Wildman–Crippen MR) is 85.0 cm³/mol. The van der Waals surface area contributed by atoms with Gasteiger partial charge in [-0.2, -0.15) is 5.10 Å². The maximum atomic E-state index is 12.6. The van der Waals surface area contributed by atoms with Crippen molar-refractivity contribution in [2.24, 2.45) is 0 Å². The summed E-state index contributed by atoms with van der Waals surface area (Å²) < 4.78 is 3.65. The first-order chi connectivity index (χ1) is 9.97. The Kier molecular flexibility index (Phi) is 3.41. The van der Waals surface area contributed by atoms with Gasteiger partial charge in [-0.25, -0.2) is 4.98 Å². The third kappa shape index (κ3) is 2.40. The minimum Gasteiger partial charge on any atom is -0.294 e. The molecule has 6 heteroatoms. The van der Waals surface area contributed by atoms with E-state index in [1.807, 2.05) is 43.8 Å². The minimum atomic E-state index is 0.00620. The molecule has 110 valence electrons. The second-order valence-corrected chi connectivity index (χ2v) is 6.37. The summed E-state index contributed by atoms with van der Waals surface area (Å²) in [7, 11) is 0. The zero-order chi connectivity index (χ0) is 15.1. The van der Waals surface area contributed by atoms with Gasteiger partial charge in [-0.3, -0.25) is 14.0 Å². The number of thiophene rings is 1. The zero-order valence-corrected chi connectivity index (χ0v) is 13.4. The molecule has 0 saturated carbocycles. The molecule has 0 aliphatic carbocycles. The summed E-state index contributed by atoms with van der Waals surface area (Å²) in [5, 5.41) is 7.18. The summed E-state index contributed by atoms with van der Waals surface area (Å²) in [6, 6.07) is 2.05. The lowest BCUT2D eigenvalue weighted by atomic mass is 10.2. The van der Waals surface area contributed by atoms with Crippen molar-refractivity contribution in [3.8, 4) is 0 Å². The summed E-state index contributed by atoms with van der Waals surface area (Å²) in [4.78, 5) is 17.8. The zero-order valence-electron chi connectivity index (χ0n) is 12.6. The van der Waals surface area contributed by atoms with Gasteiger partial charge < -0.3 is 0 Å². The van der Waals surface area contributed by atoms with Gasteiger partial charge in [0.15, 0.2) is 0 Å². The number of hydrogen-bond acceptors (Lipinski definition) is 4. The van der Waals surface area contributed by atoms with Crippen molar-refractivity contribution in [2.45, 2.75) is 40.3 Å². The largest absolute Gasteiger partial charge is 0.294 e. The molecule has 0 spiro atoms. The average Bonchev–Trinajstić information content (AvgIpc) is 2.94. The Morgan fingerprint density at radius 1 is 1.33 bits per heavy atom. The Morgan fingerprint density at radius 3 is 2.76 bits per heavy atom. The van der Waals surface area contributed by atoms with Gasteiger partial charge in [0.05, 0.1) is 30.0 Å². The molecular weight excluding hydrogens is 284 g/mol. The highest BCUT2D eigenvalue weighted by Gasteiger charge is 2.14. The van der Waals surface area contributed by atoms with Crippen LogP contribution < -0.4 is 5.56 Å². The summed E-state index contributed by atoms with van der Waals surface area (Å²) in [5.74, 6) is 0. The van der Waals surface area contributed by atoms with Crippen LogP contribution >= 0.6 is 11.3 Å². The van der Waals surface area contributed by atoms with Gasteiger partial charge in [0.1, 0.15) is 4.83 Å². The van der Waals surface area contributed by atoms with Crippen LogP contribution in [0.3, 0.4) is 0 Å². The molecule has 0 N–H and O–H groups in total. The van der Waals surface area contributed by atoms with E-state index < -0.39 is 0 Å². The van der Waals surface area contributed by atoms with Gasteiger partial charge in [-0.1, -0.05) is 0 Å². The topological polar surface area (TPSA) is 52.7 Å². The van der Waals surface area contributed by atoms with Crippen LogP contribution in [0.4, 0.5) is 0 Å². The number of aryl methyl sites for hydroxylation is 3. The second-order valence-electron chi connectivity index (χ2n) is 5.51. The molecule has 0 bridgehead atoms. The highest BCUT2D eigenvalue weighted by Crippen LogP contribution is 2.20. The molecule has 5 nitrogen and oxygen atoms in total. The van der Waals surface area contributed by atoms with Crippen molar-refractivity contribution in [3.63, 3.8) is 0 Å². The first-order valence-corrected chi connectivity index (χ1v) is 7.81. The lowest BCUT2D eigenvalue weighted by molar-refractivity contribution is 0.419. The molecule has 1 atom stereocenters. The quantitative estimate of drug-likeness (QED) is 0.747. The van der Waals surface area contributed by atoms with Crippen molar-refractivity contribution in [2.75, 3.05) is 0 Å². The molecule has 0 saturated heterocycles. The van der Waals surface area contributed by atoms with E-state index in [-0.39, 0.29) is 11.6 Å². The standard InChI is InChI=1S/C15H18N4OS/c1-9-7-21-14-13(9)15(20)18(8-16-14)12(4)6-19-11(3)5-10(2)17-19/h5,7-8,12H,6H2,1-4H3/t12-/m0/s1. The van der Waals surface area contributed by atoms with Gasteiger partial charge in [-0.15, -0.1) is 11.3 Å². The smallest absolute Gasteiger partial charge is 0.262 e. The first kappa shape index (κ1) is 14.0. The van der Waals surface area contributed by atoms with Crippen molar-refractivity contribution in [1.82, 2.24) is 19.3 Å². The van der Waals surface area contributed by atoms with Gasteiger partial charge in [-0.05, 0) is 44.7 Å². The molecule has 3 aromatic heterocycles. The Balaban J connectivity index is 2.00. The molecule has 21 heavy (non-hydrogen) atoms. The third-order valence-corrected chi connectivity index (χ3v) is 4.72. The molecule has 0 aliphatic rings. The predicted octanol–water partition coefficient (Wildman–Crippen LogP) is 2.84. The molecule has 0 amide bonds. The Labute approximate surface area is 126 Å². The van der Waals surface area contributed by atoms with E-state index in [0.29, 0.717) is 6.54 Å². The van der Waals surface area contributed by atoms with E-state index in [1.54, 1.807) is 10.9 Å². The van der Waals surface area contributed by atoms with E-state index in [9.17, 15) is 4.79 Å². The van der Waals surface area contributed by atoms with E-state index in [4.69, 9.17) is 0 Å². The summed E-state index contributed by atoms with van der Waals surface area (Å²) in [6.45, 7) is 8.64. The van der Waals surface area contributed by atoms with Crippen LogP contribution in [0.15, 0.2) is 22.6 Å². The number of hydrogen-bond donors (Lipinski definition) is 0. The van der Waals surface area contributed by atoms with Gasteiger partial charge in [0.25, 0.3) is 5.56 Å². The fourth-order valence-corrected chi connectivity index (χ4v) is 3.47. The van der Waals surface area contributed by atoms with Gasteiger partial charge >= 0.3 is 0 Å². The molecule has 0 aliphatic heterocycles. The summed E-state index contributed by atoms with van der Waals surface area (Å²) >= 11 is 1.52. The van der Waals surface area contributed by atoms with Crippen LogP contribution in [0.2, 0.25) is 0 Å². The molecule has 0 aromatic carbocycles. The molecule has 0 fully saturated rings. The number of aromatic nitrogens is 4. The van der Waals surface area contributed by atoms with Crippen LogP contribution in [-0.4, -0.2) is 19.3 Å². The molecule has 3 heterocycles. The lowest BCUT2D eigenvalue weighted by Gasteiger charge is -2.16.